The molecule has 1 atom stereocenters. The van der Waals surface area contributed by atoms with Gasteiger partial charge in [-0.15, -0.1) is 0 Å². The number of anilines is 1. The third kappa shape index (κ3) is 3.79. The second kappa shape index (κ2) is 6.54. The summed E-state index contributed by atoms with van der Waals surface area (Å²) < 4.78 is 1.84. The first-order valence-corrected chi connectivity index (χ1v) is 8.15. The minimum absolute atomic E-state index is 0.0222. The highest BCUT2D eigenvalue weighted by Crippen LogP contribution is 2.30. The van der Waals surface area contributed by atoms with Crippen LogP contribution in [0.4, 0.5) is 5.69 Å². The average molecular weight is 312 g/mol. The molecular formula is C18H24N4O. The molecule has 1 amide bonds. The molecule has 2 heterocycles. The molecule has 0 saturated carbocycles. The Bertz CT molecular complexity index is 663. The van der Waals surface area contributed by atoms with E-state index in [4.69, 9.17) is 0 Å². The van der Waals surface area contributed by atoms with Crippen molar-refractivity contribution in [3.05, 3.63) is 48.3 Å². The number of benzene rings is 1. The van der Waals surface area contributed by atoms with Gasteiger partial charge in [0.05, 0.1) is 24.5 Å². The van der Waals surface area contributed by atoms with Crippen LogP contribution in [-0.2, 0) is 11.3 Å². The molecule has 23 heavy (non-hydrogen) atoms. The summed E-state index contributed by atoms with van der Waals surface area (Å²) in [4.78, 5) is 12.5. The monoisotopic (exact) mass is 312 g/mol. The Hall–Kier alpha value is -2.14. The van der Waals surface area contributed by atoms with Crippen LogP contribution >= 0.6 is 0 Å². The minimum atomic E-state index is -0.159. The third-order valence-electron chi connectivity index (χ3n) is 4.48. The van der Waals surface area contributed by atoms with Gasteiger partial charge in [-0.1, -0.05) is 44.2 Å². The van der Waals surface area contributed by atoms with Gasteiger partial charge < -0.3 is 10.6 Å². The van der Waals surface area contributed by atoms with Crippen molar-refractivity contribution in [3.63, 3.8) is 0 Å². The Kier molecular flexibility index (Phi) is 4.48. The lowest BCUT2D eigenvalue weighted by Gasteiger charge is -2.38. The zero-order valence-corrected chi connectivity index (χ0v) is 13.7. The van der Waals surface area contributed by atoms with E-state index in [9.17, 15) is 4.79 Å². The molecule has 1 aliphatic rings. The summed E-state index contributed by atoms with van der Waals surface area (Å²) in [5.41, 5.74) is 1.90. The van der Waals surface area contributed by atoms with Crippen molar-refractivity contribution in [1.82, 2.24) is 15.1 Å². The second-order valence-corrected chi connectivity index (χ2v) is 6.88. The van der Waals surface area contributed by atoms with Crippen molar-refractivity contribution < 1.29 is 4.79 Å². The number of nitrogens with one attached hydrogen (secondary N) is 2. The van der Waals surface area contributed by atoms with Crippen LogP contribution in [0.5, 0.6) is 0 Å². The van der Waals surface area contributed by atoms with Crippen molar-refractivity contribution in [2.24, 2.45) is 5.41 Å². The molecule has 2 N–H and O–H groups in total. The lowest BCUT2D eigenvalue weighted by atomic mass is 9.77. The summed E-state index contributed by atoms with van der Waals surface area (Å²) in [6.45, 7) is 5.88. The van der Waals surface area contributed by atoms with Crippen molar-refractivity contribution >= 4 is 11.6 Å². The predicted octanol–water partition coefficient (Wildman–Crippen LogP) is 2.65. The molecule has 0 bridgehead atoms. The number of nitrogens with zero attached hydrogens (tertiary/aromatic N) is 2. The van der Waals surface area contributed by atoms with Gasteiger partial charge in [0.15, 0.2) is 0 Å². The predicted molar refractivity (Wildman–Crippen MR) is 91.2 cm³/mol. The van der Waals surface area contributed by atoms with Gasteiger partial charge in [0, 0.05) is 6.20 Å². The summed E-state index contributed by atoms with van der Waals surface area (Å²) in [5.74, 6) is 0.0222. The van der Waals surface area contributed by atoms with Gasteiger partial charge in [0.25, 0.3) is 0 Å². The molecule has 0 aliphatic carbocycles. The number of carbonyl (C=O) groups excluding carboxylic acids is 1. The van der Waals surface area contributed by atoms with Gasteiger partial charge >= 0.3 is 0 Å². The van der Waals surface area contributed by atoms with E-state index in [1.54, 1.807) is 6.20 Å². The molecule has 0 spiro atoms. The van der Waals surface area contributed by atoms with Crippen LogP contribution in [0, 0.1) is 5.41 Å². The van der Waals surface area contributed by atoms with Crippen molar-refractivity contribution in [3.8, 4) is 0 Å². The molecule has 122 valence electrons. The van der Waals surface area contributed by atoms with Gasteiger partial charge in [-0.3, -0.25) is 9.48 Å². The summed E-state index contributed by atoms with van der Waals surface area (Å²) in [6.07, 6.45) is 5.76. The quantitative estimate of drug-likeness (QED) is 0.912. The molecule has 1 aromatic carbocycles. The molecule has 1 aromatic heterocycles. The van der Waals surface area contributed by atoms with Crippen molar-refractivity contribution in [2.75, 3.05) is 11.9 Å². The highest BCUT2D eigenvalue weighted by atomic mass is 16.2. The Morgan fingerprint density at radius 2 is 2.17 bits per heavy atom. The standard InChI is InChI=1S/C18H24N4O/c1-18(2)9-6-10-19-16(18)17(23)21-15-11-20-22(13-15)12-14-7-4-3-5-8-14/h3-5,7-8,11,13,16,19H,6,9-10,12H2,1-2H3,(H,21,23). The SMILES string of the molecule is CC1(C)CCCNC1C(=O)Nc1cnn(Cc2ccccc2)c1. The van der Waals surface area contributed by atoms with E-state index >= 15 is 0 Å². The Morgan fingerprint density at radius 1 is 1.39 bits per heavy atom. The van der Waals surface area contributed by atoms with Crippen LogP contribution in [0.2, 0.25) is 0 Å². The second-order valence-electron chi connectivity index (χ2n) is 6.88. The molecule has 2 aromatic rings. The molecule has 1 saturated heterocycles. The van der Waals surface area contributed by atoms with E-state index < -0.39 is 0 Å². The fourth-order valence-electron chi connectivity index (χ4n) is 3.16. The van der Waals surface area contributed by atoms with E-state index in [-0.39, 0.29) is 17.4 Å². The zero-order valence-electron chi connectivity index (χ0n) is 13.7. The molecule has 3 rings (SSSR count). The van der Waals surface area contributed by atoms with E-state index in [0.717, 1.165) is 25.1 Å². The van der Waals surface area contributed by atoms with Gasteiger partial charge in [-0.05, 0) is 30.4 Å². The van der Waals surface area contributed by atoms with E-state index in [1.807, 2.05) is 29.1 Å². The normalized spacial score (nSPS) is 20.2. The van der Waals surface area contributed by atoms with Crippen LogP contribution in [0.1, 0.15) is 32.3 Å². The molecule has 1 fully saturated rings. The Labute approximate surface area is 137 Å². The molecule has 5 nitrogen and oxygen atoms in total. The van der Waals surface area contributed by atoms with Gasteiger partial charge in [-0.2, -0.15) is 5.10 Å². The average Bonchev–Trinajstić information content (AvgIpc) is 2.94. The first-order chi connectivity index (χ1) is 11.0. The molecule has 1 aliphatic heterocycles. The maximum atomic E-state index is 12.5. The van der Waals surface area contributed by atoms with Gasteiger partial charge in [-0.25, -0.2) is 0 Å². The Balaban J connectivity index is 1.63. The summed E-state index contributed by atoms with van der Waals surface area (Å²) >= 11 is 0. The molecule has 1 unspecified atom stereocenters. The number of carbonyl (C=O) groups is 1. The first-order valence-electron chi connectivity index (χ1n) is 8.15. The van der Waals surface area contributed by atoms with Crippen LogP contribution < -0.4 is 10.6 Å². The van der Waals surface area contributed by atoms with E-state index in [1.165, 1.54) is 5.56 Å². The molecule has 5 heteroatoms. The van der Waals surface area contributed by atoms with Crippen molar-refractivity contribution in [2.45, 2.75) is 39.3 Å². The topological polar surface area (TPSA) is 59.0 Å². The highest BCUT2D eigenvalue weighted by Gasteiger charge is 2.37. The first kappa shape index (κ1) is 15.7. The number of hydrogen-bond donors (Lipinski definition) is 2. The largest absolute Gasteiger partial charge is 0.322 e. The highest BCUT2D eigenvalue weighted by molar-refractivity contribution is 5.95. The lowest BCUT2D eigenvalue weighted by molar-refractivity contribution is -0.121. The maximum Gasteiger partial charge on any atom is 0.242 e. The zero-order chi connectivity index (χ0) is 16.3. The summed E-state index contributed by atoms with van der Waals surface area (Å²) in [5, 5.41) is 10.7. The fourth-order valence-corrected chi connectivity index (χ4v) is 3.16. The number of aromatic nitrogens is 2. The Morgan fingerprint density at radius 3 is 2.91 bits per heavy atom. The summed E-state index contributed by atoms with van der Waals surface area (Å²) in [6, 6.07) is 9.99. The lowest BCUT2D eigenvalue weighted by Crippen LogP contribution is -2.53. The van der Waals surface area contributed by atoms with Crippen molar-refractivity contribution in [1.29, 1.82) is 0 Å². The molecular weight excluding hydrogens is 288 g/mol. The summed E-state index contributed by atoms with van der Waals surface area (Å²) in [7, 11) is 0. The number of rotatable bonds is 4. The van der Waals surface area contributed by atoms with Gasteiger partial charge in [0.1, 0.15) is 0 Å². The minimum Gasteiger partial charge on any atom is -0.322 e. The fraction of sp³-hybridized carbons (Fsp3) is 0.444. The van der Waals surface area contributed by atoms with Crippen LogP contribution in [0.15, 0.2) is 42.7 Å². The van der Waals surface area contributed by atoms with Crippen LogP contribution in [0.25, 0.3) is 0 Å². The van der Waals surface area contributed by atoms with Crippen LogP contribution in [0.3, 0.4) is 0 Å². The molecule has 0 radical (unpaired) electrons. The smallest absolute Gasteiger partial charge is 0.242 e. The third-order valence-corrected chi connectivity index (χ3v) is 4.48. The number of hydrogen-bond acceptors (Lipinski definition) is 3. The van der Waals surface area contributed by atoms with Gasteiger partial charge in [0.2, 0.25) is 5.91 Å². The van der Waals surface area contributed by atoms with E-state index in [0.29, 0.717) is 6.54 Å². The van der Waals surface area contributed by atoms with E-state index in [2.05, 4.69) is 41.7 Å². The number of piperidine rings is 1. The maximum absolute atomic E-state index is 12.5. The number of amides is 1. The van der Waals surface area contributed by atoms with Crippen LogP contribution in [-0.4, -0.2) is 28.3 Å².